The second-order valence-electron chi connectivity index (χ2n) is 7.63. The van der Waals surface area contributed by atoms with Crippen LogP contribution in [-0.4, -0.2) is 19.3 Å². The molecule has 0 N–H and O–H groups in total. The molecule has 0 amide bonds. The molecule has 2 aromatic rings. The molecule has 0 radical (unpaired) electrons. The maximum absolute atomic E-state index is 6.37. The molecule has 28 heavy (non-hydrogen) atoms. The summed E-state index contributed by atoms with van der Waals surface area (Å²) >= 11 is 0. The first-order valence-electron chi connectivity index (χ1n) is 10.1. The van der Waals surface area contributed by atoms with Gasteiger partial charge in [-0.15, -0.1) is 6.58 Å². The van der Waals surface area contributed by atoms with E-state index in [9.17, 15) is 0 Å². The first kappa shape index (κ1) is 22.0. The average Bonchev–Trinajstić information content (AvgIpc) is 2.72. The molecule has 0 unspecified atom stereocenters. The Hall–Kier alpha value is -2.26. The summed E-state index contributed by atoms with van der Waals surface area (Å²) in [6, 6.07) is 17.9. The number of methoxy groups -OCH3 is 1. The lowest BCUT2D eigenvalue weighted by Crippen LogP contribution is -2.38. The van der Waals surface area contributed by atoms with E-state index >= 15 is 0 Å². The zero-order valence-corrected chi connectivity index (χ0v) is 17.6. The number of para-hydroxylation sites is 1. The van der Waals surface area contributed by atoms with E-state index in [0.29, 0.717) is 12.5 Å². The van der Waals surface area contributed by atoms with Crippen molar-refractivity contribution in [3.8, 4) is 11.5 Å². The van der Waals surface area contributed by atoms with Crippen molar-refractivity contribution in [3.63, 3.8) is 0 Å². The largest absolute Gasteiger partial charge is 0.497 e. The van der Waals surface area contributed by atoms with Crippen LogP contribution in [0.1, 0.15) is 39.2 Å². The number of benzene rings is 2. The molecule has 0 aliphatic rings. The summed E-state index contributed by atoms with van der Waals surface area (Å²) in [5.41, 5.74) is 1.11. The van der Waals surface area contributed by atoms with E-state index in [-0.39, 0.29) is 18.1 Å². The van der Waals surface area contributed by atoms with E-state index in [4.69, 9.17) is 14.2 Å². The molecule has 0 spiro atoms. The number of hydrogen-bond donors (Lipinski definition) is 0. The molecule has 0 saturated carbocycles. The molecule has 3 heteroatoms. The van der Waals surface area contributed by atoms with Crippen molar-refractivity contribution < 1.29 is 14.2 Å². The Balaban J connectivity index is 2.07. The molecule has 0 fully saturated rings. The van der Waals surface area contributed by atoms with Crippen LogP contribution in [0.15, 0.2) is 67.3 Å². The topological polar surface area (TPSA) is 27.7 Å². The Morgan fingerprint density at radius 2 is 1.57 bits per heavy atom. The number of rotatable bonds is 12. The molecule has 0 aliphatic carbocycles. The van der Waals surface area contributed by atoms with Crippen LogP contribution in [0.3, 0.4) is 0 Å². The lowest BCUT2D eigenvalue weighted by molar-refractivity contribution is -0.0412. The second kappa shape index (κ2) is 11.6. The highest BCUT2D eigenvalue weighted by molar-refractivity contribution is 5.26. The van der Waals surface area contributed by atoms with Gasteiger partial charge < -0.3 is 14.2 Å². The molecule has 0 aliphatic heterocycles. The van der Waals surface area contributed by atoms with Crippen LogP contribution in [0.4, 0.5) is 0 Å². The van der Waals surface area contributed by atoms with Crippen LogP contribution in [-0.2, 0) is 11.3 Å². The van der Waals surface area contributed by atoms with E-state index < -0.39 is 0 Å². The Bertz CT molecular complexity index is 679. The standard InChI is InChI=1S/C25H34O3/c1-6-22(15-12-19(2)3)25(28-24-10-8-7-9-11-24)20(4)27-18-21-13-16-23(26-5)17-14-21/h6-11,13-14,16-17,19-20,22,25H,1,12,15,18H2,2-5H3/t20-,22+,25-/m0/s1. The summed E-state index contributed by atoms with van der Waals surface area (Å²) in [5.74, 6) is 2.59. The van der Waals surface area contributed by atoms with Crippen LogP contribution in [0.25, 0.3) is 0 Å². The minimum Gasteiger partial charge on any atom is -0.497 e. The summed E-state index contributed by atoms with van der Waals surface area (Å²) < 4.78 is 17.8. The maximum atomic E-state index is 6.37. The summed E-state index contributed by atoms with van der Waals surface area (Å²) in [6.45, 7) is 11.2. The molecule has 0 heterocycles. The van der Waals surface area contributed by atoms with Gasteiger partial charge in [0.2, 0.25) is 0 Å². The van der Waals surface area contributed by atoms with Gasteiger partial charge in [0.05, 0.1) is 19.8 Å². The normalized spacial score (nSPS) is 14.3. The highest BCUT2D eigenvalue weighted by atomic mass is 16.5. The molecule has 152 valence electrons. The third kappa shape index (κ3) is 7.05. The molecular weight excluding hydrogens is 348 g/mol. The zero-order chi connectivity index (χ0) is 20.4. The summed E-state index contributed by atoms with van der Waals surface area (Å²) in [4.78, 5) is 0. The summed E-state index contributed by atoms with van der Waals surface area (Å²) in [5, 5.41) is 0. The van der Waals surface area contributed by atoms with Crippen LogP contribution >= 0.6 is 0 Å². The van der Waals surface area contributed by atoms with Crippen molar-refractivity contribution in [2.75, 3.05) is 7.11 Å². The first-order chi connectivity index (χ1) is 13.5. The Morgan fingerprint density at radius 1 is 0.893 bits per heavy atom. The zero-order valence-electron chi connectivity index (χ0n) is 17.6. The average molecular weight is 383 g/mol. The molecule has 0 bridgehead atoms. The summed E-state index contributed by atoms with van der Waals surface area (Å²) in [6.07, 6.45) is 4.03. The van der Waals surface area contributed by atoms with Crippen molar-refractivity contribution in [1.29, 1.82) is 0 Å². The van der Waals surface area contributed by atoms with E-state index in [1.54, 1.807) is 7.11 Å². The van der Waals surface area contributed by atoms with Gasteiger partial charge in [0, 0.05) is 5.92 Å². The summed E-state index contributed by atoms with van der Waals surface area (Å²) in [7, 11) is 1.67. The third-order valence-electron chi connectivity index (χ3n) is 4.95. The molecule has 0 saturated heterocycles. The maximum Gasteiger partial charge on any atom is 0.131 e. The van der Waals surface area contributed by atoms with Crippen molar-refractivity contribution in [3.05, 3.63) is 72.8 Å². The minimum atomic E-state index is -0.0862. The molecule has 3 nitrogen and oxygen atoms in total. The predicted octanol–water partition coefficient (Wildman–Crippen LogP) is 6.29. The van der Waals surface area contributed by atoms with Crippen LogP contribution < -0.4 is 9.47 Å². The quantitative estimate of drug-likeness (QED) is 0.404. The highest BCUT2D eigenvalue weighted by Crippen LogP contribution is 2.26. The van der Waals surface area contributed by atoms with E-state index in [1.165, 1.54) is 0 Å². The van der Waals surface area contributed by atoms with Gasteiger partial charge in [-0.2, -0.15) is 0 Å². The van der Waals surface area contributed by atoms with E-state index in [0.717, 1.165) is 29.9 Å². The second-order valence-corrected chi connectivity index (χ2v) is 7.63. The van der Waals surface area contributed by atoms with E-state index in [1.807, 2.05) is 60.7 Å². The first-order valence-corrected chi connectivity index (χ1v) is 10.1. The number of ether oxygens (including phenoxy) is 3. The van der Waals surface area contributed by atoms with Gasteiger partial charge >= 0.3 is 0 Å². The molecule has 2 aromatic carbocycles. The van der Waals surface area contributed by atoms with Crippen molar-refractivity contribution in [1.82, 2.24) is 0 Å². The molecule has 2 rings (SSSR count). The van der Waals surface area contributed by atoms with E-state index in [2.05, 4.69) is 27.4 Å². The Morgan fingerprint density at radius 3 is 2.14 bits per heavy atom. The third-order valence-corrected chi connectivity index (χ3v) is 4.95. The Kier molecular flexibility index (Phi) is 9.09. The van der Waals surface area contributed by atoms with Gasteiger partial charge in [0.15, 0.2) is 0 Å². The molecular formula is C25H34O3. The van der Waals surface area contributed by atoms with Crippen LogP contribution in [0, 0.1) is 11.8 Å². The minimum absolute atomic E-state index is 0.0718. The SMILES string of the molecule is C=C[C@H](CCC(C)C)[C@@H](Oc1ccccc1)[C@H](C)OCc1ccc(OC)cc1. The Labute approximate surface area is 170 Å². The van der Waals surface area contributed by atoms with Gasteiger partial charge in [-0.05, 0) is 49.1 Å². The number of hydrogen-bond acceptors (Lipinski definition) is 3. The lowest BCUT2D eigenvalue weighted by Gasteiger charge is -2.31. The van der Waals surface area contributed by atoms with Crippen molar-refractivity contribution in [2.45, 2.75) is 52.4 Å². The lowest BCUT2D eigenvalue weighted by atomic mass is 9.90. The van der Waals surface area contributed by atoms with Gasteiger partial charge in [-0.25, -0.2) is 0 Å². The molecule has 0 aromatic heterocycles. The smallest absolute Gasteiger partial charge is 0.131 e. The monoisotopic (exact) mass is 382 g/mol. The van der Waals surface area contributed by atoms with Crippen molar-refractivity contribution in [2.24, 2.45) is 11.8 Å². The fourth-order valence-electron chi connectivity index (χ4n) is 3.17. The predicted molar refractivity (Wildman–Crippen MR) is 116 cm³/mol. The fourth-order valence-corrected chi connectivity index (χ4v) is 3.17. The highest BCUT2D eigenvalue weighted by Gasteiger charge is 2.28. The fraction of sp³-hybridized carbons (Fsp3) is 0.440. The van der Waals surface area contributed by atoms with Crippen LogP contribution in [0.5, 0.6) is 11.5 Å². The van der Waals surface area contributed by atoms with Gasteiger partial charge in [0.1, 0.15) is 17.6 Å². The van der Waals surface area contributed by atoms with Gasteiger partial charge in [0.25, 0.3) is 0 Å². The van der Waals surface area contributed by atoms with Crippen molar-refractivity contribution >= 4 is 0 Å². The van der Waals surface area contributed by atoms with Gasteiger partial charge in [-0.1, -0.05) is 56.7 Å². The van der Waals surface area contributed by atoms with Crippen LogP contribution in [0.2, 0.25) is 0 Å². The molecule has 3 atom stereocenters. The van der Waals surface area contributed by atoms with Gasteiger partial charge in [-0.3, -0.25) is 0 Å².